The van der Waals surface area contributed by atoms with Crippen LogP contribution in [0.1, 0.15) is 20.3 Å². The van der Waals surface area contributed by atoms with E-state index >= 15 is 0 Å². The molecule has 0 aliphatic carbocycles. The van der Waals surface area contributed by atoms with Crippen molar-refractivity contribution in [1.29, 1.82) is 0 Å². The number of carboxylic acid groups (broad SMARTS) is 1. The molecule has 6 heteroatoms. The van der Waals surface area contributed by atoms with Crippen LogP contribution in [-0.4, -0.2) is 30.0 Å². The number of carbonyl (C=O) groups is 2. The molecule has 2 N–H and O–H groups in total. The number of nitrogens with one attached hydrogen (secondary N) is 1. The third kappa shape index (κ3) is 4.74. The van der Waals surface area contributed by atoms with Crippen LogP contribution >= 0.6 is 0 Å². The Morgan fingerprint density at radius 2 is 1.93 bits per heavy atom. The number of carboxylic acids is 1. The molecule has 0 unspecified atom stereocenters. The van der Waals surface area contributed by atoms with E-state index in [0.29, 0.717) is 0 Å². The summed E-state index contributed by atoms with van der Waals surface area (Å²) < 4.78 is 23.3. The summed E-state index contributed by atoms with van der Waals surface area (Å²) in [5, 5.41) is 10.6. The summed E-state index contributed by atoms with van der Waals surface area (Å²) in [6.45, 7) is 1.98. The minimum Gasteiger partial charge on any atom is -0.481 e. The van der Waals surface area contributed by atoms with Gasteiger partial charge in [0.05, 0.1) is 12.0 Å². The molecule has 82 valence electrons. The number of rotatable bonds is 5. The first-order valence-electron chi connectivity index (χ1n) is 4.04. The Bertz CT molecular complexity index is 229. The van der Waals surface area contributed by atoms with Crippen LogP contribution in [0.2, 0.25) is 0 Å². The molecular weight excluding hydrogens is 196 g/mol. The largest absolute Gasteiger partial charge is 0.481 e. The quantitative estimate of drug-likeness (QED) is 0.706. The van der Waals surface area contributed by atoms with E-state index in [4.69, 9.17) is 5.11 Å². The molecule has 0 aromatic rings. The molecule has 0 atom stereocenters. The Morgan fingerprint density at radius 3 is 2.29 bits per heavy atom. The second-order valence-corrected chi connectivity index (χ2v) is 3.56. The molecule has 0 heterocycles. The van der Waals surface area contributed by atoms with Crippen LogP contribution in [-0.2, 0) is 9.59 Å². The normalized spacial score (nSPS) is 11.5. The number of hydrogen-bond donors (Lipinski definition) is 2. The average Bonchev–Trinajstić information content (AvgIpc) is 1.99. The van der Waals surface area contributed by atoms with E-state index in [0.717, 1.165) is 0 Å². The van der Waals surface area contributed by atoms with Crippen LogP contribution in [0, 0.1) is 5.41 Å². The van der Waals surface area contributed by atoms with Crippen molar-refractivity contribution in [2.45, 2.75) is 26.7 Å². The van der Waals surface area contributed by atoms with Gasteiger partial charge in [0.25, 0.3) is 6.43 Å². The summed E-state index contributed by atoms with van der Waals surface area (Å²) in [5.74, 6) is -1.82. The van der Waals surface area contributed by atoms with E-state index in [1.807, 2.05) is 5.32 Å². The lowest BCUT2D eigenvalue weighted by atomic mass is 9.89. The molecule has 0 aliphatic rings. The van der Waals surface area contributed by atoms with Gasteiger partial charge in [0.2, 0.25) is 5.91 Å². The maximum atomic E-state index is 11.7. The first-order valence-corrected chi connectivity index (χ1v) is 4.04. The van der Waals surface area contributed by atoms with E-state index < -0.39 is 30.3 Å². The summed E-state index contributed by atoms with van der Waals surface area (Å²) in [7, 11) is 0. The topological polar surface area (TPSA) is 66.4 Å². The van der Waals surface area contributed by atoms with Crippen LogP contribution < -0.4 is 5.32 Å². The fourth-order valence-corrected chi connectivity index (χ4v) is 0.730. The standard InChI is InChI=1S/C8H13F2NO3/c1-8(2,7(13)14)3-6(12)11-4-5(9)10/h5H,3-4H2,1-2H3,(H,11,12)(H,13,14). The number of aliphatic carboxylic acids is 1. The monoisotopic (exact) mass is 209 g/mol. The highest BCUT2D eigenvalue weighted by atomic mass is 19.3. The lowest BCUT2D eigenvalue weighted by molar-refractivity contribution is -0.149. The van der Waals surface area contributed by atoms with Crippen molar-refractivity contribution < 1.29 is 23.5 Å². The molecule has 0 spiro atoms. The fraction of sp³-hybridized carbons (Fsp3) is 0.750. The number of amides is 1. The molecule has 0 saturated heterocycles. The van der Waals surface area contributed by atoms with E-state index in [9.17, 15) is 18.4 Å². The minimum atomic E-state index is -2.62. The van der Waals surface area contributed by atoms with Crippen molar-refractivity contribution in [1.82, 2.24) is 5.32 Å². The molecule has 0 rings (SSSR count). The second kappa shape index (κ2) is 4.88. The Labute approximate surface area is 80.3 Å². The Hall–Kier alpha value is -1.20. The van der Waals surface area contributed by atoms with Gasteiger partial charge < -0.3 is 10.4 Å². The van der Waals surface area contributed by atoms with Crippen LogP contribution in [0.25, 0.3) is 0 Å². The zero-order chi connectivity index (χ0) is 11.4. The number of carbonyl (C=O) groups excluding carboxylic acids is 1. The third-order valence-corrected chi connectivity index (χ3v) is 1.63. The number of halogens is 2. The van der Waals surface area contributed by atoms with Crippen molar-refractivity contribution in [2.75, 3.05) is 6.54 Å². The molecule has 1 amide bonds. The molecule has 0 fully saturated rings. The number of hydrogen-bond acceptors (Lipinski definition) is 2. The maximum Gasteiger partial charge on any atom is 0.309 e. The van der Waals surface area contributed by atoms with Crippen LogP contribution in [0.4, 0.5) is 8.78 Å². The van der Waals surface area contributed by atoms with Gasteiger partial charge in [-0.2, -0.15) is 0 Å². The van der Waals surface area contributed by atoms with E-state index in [1.54, 1.807) is 0 Å². The predicted molar refractivity (Wildman–Crippen MR) is 45.0 cm³/mol. The van der Waals surface area contributed by atoms with Crippen molar-refractivity contribution in [2.24, 2.45) is 5.41 Å². The highest BCUT2D eigenvalue weighted by molar-refractivity contribution is 5.84. The van der Waals surface area contributed by atoms with Gasteiger partial charge in [-0.25, -0.2) is 8.78 Å². The highest BCUT2D eigenvalue weighted by Gasteiger charge is 2.30. The van der Waals surface area contributed by atoms with Gasteiger partial charge in [-0.3, -0.25) is 9.59 Å². The van der Waals surface area contributed by atoms with Crippen molar-refractivity contribution in [3.05, 3.63) is 0 Å². The van der Waals surface area contributed by atoms with Crippen molar-refractivity contribution in [3.63, 3.8) is 0 Å². The summed E-state index contributed by atoms with van der Waals surface area (Å²) in [5.41, 5.74) is -1.23. The Balaban J connectivity index is 4.00. The minimum absolute atomic E-state index is 0.310. The van der Waals surface area contributed by atoms with Gasteiger partial charge in [0.15, 0.2) is 0 Å². The molecular formula is C8H13F2NO3. The summed E-state index contributed by atoms with van der Waals surface area (Å²) in [4.78, 5) is 21.5. The van der Waals surface area contributed by atoms with E-state index in [2.05, 4.69) is 0 Å². The third-order valence-electron chi connectivity index (χ3n) is 1.63. The van der Waals surface area contributed by atoms with Crippen molar-refractivity contribution >= 4 is 11.9 Å². The summed E-state index contributed by atoms with van der Waals surface area (Å²) in [6.07, 6.45) is -2.93. The lowest BCUT2D eigenvalue weighted by Crippen LogP contribution is -2.35. The summed E-state index contributed by atoms with van der Waals surface area (Å²) in [6, 6.07) is 0. The lowest BCUT2D eigenvalue weighted by Gasteiger charge is -2.17. The Morgan fingerprint density at radius 1 is 1.43 bits per heavy atom. The van der Waals surface area contributed by atoms with Gasteiger partial charge in [0, 0.05) is 6.42 Å². The van der Waals surface area contributed by atoms with E-state index in [-0.39, 0.29) is 6.42 Å². The van der Waals surface area contributed by atoms with Gasteiger partial charge in [0.1, 0.15) is 0 Å². The first-order chi connectivity index (χ1) is 6.25. The van der Waals surface area contributed by atoms with Gasteiger partial charge in [-0.15, -0.1) is 0 Å². The molecule has 0 radical (unpaired) electrons. The van der Waals surface area contributed by atoms with Crippen LogP contribution in [0.5, 0.6) is 0 Å². The molecule has 0 aromatic heterocycles. The molecule has 0 bridgehead atoms. The second-order valence-electron chi connectivity index (χ2n) is 3.56. The number of alkyl halides is 2. The molecule has 0 aliphatic heterocycles. The predicted octanol–water partition coefficient (Wildman–Crippen LogP) is 0.869. The highest BCUT2D eigenvalue weighted by Crippen LogP contribution is 2.19. The van der Waals surface area contributed by atoms with E-state index in [1.165, 1.54) is 13.8 Å². The molecule has 14 heavy (non-hydrogen) atoms. The fourth-order valence-electron chi connectivity index (χ4n) is 0.730. The molecule has 4 nitrogen and oxygen atoms in total. The average molecular weight is 209 g/mol. The maximum absolute atomic E-state index is 11.7. The SMILES string of the molecule is CC(C)(CC(=O)NCC(F)F)C(=O)O. The van der Waals surface area contributed by atoms with Crippen molar-refractivity contribution in [3.8, 4) is 0 Å². The smallest absolute Gasteiger partial charge is 0.309 e. The van der Waals surface area contributed by atoms with Gasteiger partial charge in [-0.05, 0) is 13.8 Å². The zero-order valence-electron chi connectivity index (χ0n) is 8.01. The molecule has 0 aromatic carbocycles. The molecule has 0 saturated carbocycles. The Kier molecular flexibility index (Phi) is 4.46. The van der Waals surface area contributed by atoms with Gasteiger partial charge in [-0.1, -0.05) is 0 Å². The zero-order valence-corrected chi connectivity index (χ0v) is 8.01. The first kappa shape index (κ1) is 12.8. The van der Waals surface area contributed by atoms with Crippen LogP contribution in [0.3, 0.4) is 0 Å². The van der Waals surface area contributed by atoms with Gasteiger partial charge >= 0.3 is 5.97 Å². The van der Waals surface area contributed by atoms with Crippen LogP contribution in [0.15, 0.2) is 0 Å². The summed E-state index contributed by atoms with van der Waals surface area (Å²) >= 11 is 0.